The molecule has 0 aliphatic heterocycles. The minimum atomic E-state index is -0.180. The molecular formula is C24H27N3O3S2. The molecule has 1 aliphatic carbocycles. The Morgan fingerprint density at radius 1 is 1.44 bits per heavy atom. The first-order valence-electron chi connectivity index (χ1n) is 10.8. The number of anilines is 1. The van der Waals surface area contributed by atoms with E-state index in [2.05, 4.69) is 18.8 Å². The lowest BCUT2D eigenvalue weighted by atomic mass is 9.89. The molecule has 1 unspecified atom stereocenters. The number of nitrogens with zero attached hydrogens (tertiary/aromatic N) is 2. The first-order valence-corrected chi connectivity index (χ1v) is 12.6. The molecule has 32 heavy (non-hydrogen) atoms. The van der Waals surface area contributed by atoms with Crippen LogP contribution < -0.4 is 15.6 Å². The quantitative estimate of drug-likeness (QED) is 0.289. The second kappa shape index (κ2) is 9.92. The van der Waals surface area contributed by atoms with E-state index in [0.29, 0.717) is 35.7 Å². The zero-order valence-corrected chi connectivity index (χ0v) is 20.0. The lowest BCUT2D eigenvalue weighted by Crippen LogP contribution is -2.24. The van der Waals surface area contributed by atoms with Gasteiger partial charge in [0, 0.05) is 11.4 Å². The third kappa shape index (κ3) is 4.61. The molecule has 2 aromatic heterocycles. The van der Waals surface area contributed by atoms with Crippen molar-refractivity contribution < 1.29 is 9.53 Å². The monoisotopic (exact) mass is 469 g/mol. The number of hydrogen-bond acceptors (Lipinski definition) is 6. The summed E-state index contributed by atoms with van der Waals surface area (Å²) in [6, 6.07) is 7.34. The van der Waals surface area contributed by atoms with Crippen molar-refractivity contribution in [3.63, 3.8) is 0 Å². The van der Waals surface area contributed by atoms with Crippen LogP contribution >= 0.6 is 23.1 Å². The van der Waals surface area contributed by atoms with Crippen LogP contribution in [0.1, 0.15) is 30.7 Å². The number of aromatic nitrogens is 2. The van der Waals surface area contributed by atoms with Crippen LogP contribution in [0.15, 0.2) is 46.9 Å². The highest BCUT2D eigenvalue weighted by atomic mass is 32.2. The predicted octanol–water partition coefficient (Wildman–Crippen LogP) is 4.90. The van der Waals surface area contributed by atoms with Gasteiger partial charge >= 0.3 is 0 Å². The fourth-order valence-electron chi connectivity index (χ4n) is 3.97. The van der Waals surface area contributed by atoms with Gasteiger partial charge in [-0.2, -0.15) is 0 Å². The van der Waals surface area contributed by atoms with Gasteiger partial charge in [-0.25, -0.2) is 4.98 Å². The summed E-state index contributed by atoms with van der Waals surface area (Å²) >= 11 is 2.89. The van der Waals surface area contributed by atoms with Crippen molar-refractivity contribution in [3.8, 4) is 5.75 Å². The van der Waals surface area contributed by atoms with Gasteiger partial charge in [0.2, 0.25) is 5.91 Å². The summed E-state index contributed by atoms with van der Waals surface area (Å²) in [5, 5.41) is 4.19. The maximum Gasteiger partial charge on any atom is 0.263 e. The van der Waals surface area contributed by atoms with E-state index in [9.17, 15) is 9.59 Å². The van der Waals surface area contributed by atoms with E-state index < -0.39 is 0 Å². The van der Waals surface area contributed by atoms with Crippen LogP contribution in [0.2, 0.25) is 0 Å². The third-order valence-corrected chi connectivity index (χ3v) is 7.61. The van der Waals surface area contributed by atoms with E-state index >= 15 is 0 Å². The Morgan fingerprint density at radius 3 is 3.03 bits per heavy atom. The summed E-state index contributed by atoms with van der Waals surface area (Å²) in [7, 11) is 0. The lowest BCUT2D eigenvalue weighted by molar-refractivity contribution is -0.113. The van der Waals surface area contributed by atoms with Crippen molar-refractivity contribution in [3.05, 3.63) is 57.7 Å². The molecule has 1 aromatic carbocycles. The summed E-state index contributed by atoms with van der Waals surface area (Å²) in [6.07, 6.45) is 4.72. The molecule has 0 fully saturated rings. The van der Waals surface area contributed by atoms with Gasteiger partial charge in [0.1, 0.15) is 10.6 Å². The number of carbonyl (C=O) groups excluding carboxylic acids is 1. The number of benzene rings is 1. The van der Waals surface area contributed by atoms with Crippen molar-refractivity contribution in [1.82, 2.24) is 9.55 Å². The molecule has 0 saturated carbocycles. The van der Waals surface area contributed by atoms with Crippen LogP contribution in [0.5, 0.6) is 5.75 Å². The maximum atomic E-state index is 13.4. The van der Waals surface area contributed by atoms with Gasteiger partial charge in [0.25, 0.3) is 5.56 Å². The fourth-order valence-corrected chi connectivity index (χ4v) is 6.21. The maximum absolute atomic E-state index is 13.4. The Balaban J connectivity index is 1.59. The largest absolute Gasteiger partial charge is 0.492 e. The van der Waals surface area contributed by atoms with E-state index in [4.69, 9.17) is 9.72 Å². The number of allylic oxidation sites excluding steroid dienone is 1. The number of nitrogens with one attached hydrogen (secondary N) is 1. The summed E-state index contributed by atoms with van der Waals surface area (Å²) in [4.78, 5) is 32.9. The van der Waals surface area contributed by atoms with Crippen molar-refractivity contribution in [2.24, 2.45) is 5.92 Å². The molecule has 168 valence electrons. The number of rotatable bonds is 8. The molecule has 4 rings (SSSR count). The summed E-state index contributed by atoms with van der Waals surface area (Å²) < 4.78 is 7.21. The minimum absolute atomic E-state index is 0.0356. The normalized spacial score (nSPS) is 15.4. The number of carbonyl (C=O) groups is 1. The topological polar surface area (TPSA) is 73.2 Å². The molecule has 1 amide bonds. The Labute approximate surface area is 195 Å². The molecule has 2 heterocycles. The fraction of sp³-hybridized carbons (Fsp3) is 0.375. The van der Waals surface area contributed by atoms with Gasteiger partial charge < -0.3 is 10.1 Å². The summed E-state index contributed by atoms with van der Waals surface area (Å²) in [5.41, 5.74) is 1.76. The molecule has 8 heteroatoms. The first-order chi connectivity index (χ1) is 15.5. The number of thioether (sulfide) groups is 1. The van der Waals surface area contributed by atoms with Crippen LogP contribution in [0.25, 0.3) is 10.2 Å². The highest BCUT2D eigenvalue weighted by Gasteiger charge is 2.24. The van der Waals surface area contributed by atoms with Crippen molar-refractivity contribution in [2.45, 2.75) is 44.8 Å². The van der Waals surface area contributed by atoms with E-state index in [0.717, 1.165) is 29.5 Å². The minimum Gasteiger partial charge on any atom is -0.492 e. The molecule has 0 saturated heterocycles. The van der Waals surface area contributed by atoms with Gasteiger partial charge in [0.05, 0.1) is 23.4 Å². The molecule has 0 spiro atoms. The zero-order chi connectivity index (χ0) is 22.7. The van der Waals surface area contributed by atoms with Crippen LogP contribution in [0.4, 0.5) is 5.69 Å². The number of thiophene rings is 1. The highest BCUT2D eigenvalue weighted by Crippen LogP contribution is 2.36. The number of para-hydroxylation sites is 2. The van der Waals surface area contributed by atoms with Crippen LogP contribution in [0, 0.1) is 5.92 Å². The molecule has 1 aliphatic rings. The average Bonchev–Trinajstić information content (AvgIpc) is 3.13. The molecular weight excluding hydrogens is 442 g/mol. The van der Waals surface area contributed by atoms with Crippen LogP contribution in [-0.2, 0) is 24.2 Å². The predicted molar refractivity (Wildman–Crippen MR) is 132 cm³/mol. The lowest BCUT2D eigenvalue weighted by Gasteiger charge is -2.17. The second-order valence-corrected chi connectivity index (χ2v) is 9.92. The van der Waals surface area contributed by atoms with E-state index in [1.165, 1.54) is 22.2 Å². The average molecular weight is 470 g/mol. The third-order valence-electron chi connectivity index (χ3n) is 5.49. The van der Waals surface area contributed by atoms with Crippen molar-refractivity contribution >= 4 is 44.9 Å². The van der Waals surface area contributed by atoms with Gasteiger partial charge in [0.15, 0.2) is 5.16 Å². The Morgan fingerprint density at radius 2 is 2.25 bits per heavy atom. The number of hydrogen-bond donors (Lipinski definition) is 1. The molecule has 3 aromatic rings. The number of aryl methyl sites for hydroxylation is 1. The first kappa shape index (κ1) is 22.6. The van der Waals surface area contributed by atoms with Gasteiger partial charge in [-0.05, 0) is 49.8 Å². The molecule has 6 nitrogen and oxygen atoms in total. The SMILES string of the molecule is C=CCn1c(SCC(=O)Nc2ccccc2OCC)nc2sc3c(c2c1=O)CCC(C)C3. The summed E-state index contributed by atoms with van der Waals surface area (Å²) in [6.45, 7) is 8.82. The Bertz CT molecular complexity index is 1220. The second-order valence-electron chi connectivity index (χ2n) is 7.90. The zero-order valence-electron chi connectivity index (χ0n) is 18.3. The molecule has 0 radical (unpaired) electrons. The van der Waals surface area contributed by atoms with E-state index in [-0.39, 0.29) is 17.2 Å². The Kier molecular flexibility index (Phi) is 7.01. The van der Waals surface area contributed by atoms with E-state index in [1.807, 2.05) is 31.2 Å². The number of amides is 1. The highest BCUT2D eigenvalue weighted by molar-refractivity contribution is 7.99. The summed E-state index contributed by atoms with van der Waals surface area (Å²) in [5.74, 6) is 1.22. The van der Waals surface area contributed by atoms with Crippen LogP contribution in [-0.4, -0.2) is 27.8 Å². The molecule has 0 bridgehead atoms. The van der Waals surface area contributed by atoms with E-state index in [1.54, 1.807) is 22.0 Å². The molecule has 1 atom stereocenters. The number of ether oxygens (including phenoxy) is 1. The van der Waals surface area contributed by atoms with Gasteiger partial charge in [-0.1, -0.05) is 36.9 Å². The smallest absolute Gasteiger partial charge is 0.263 e. The van der Waals surface area contributed by atoms with Gasteiger partial charge in [-0.3, -0.25) is 14.2 Å². The van der Waals surface area contributed by atoms with Crippen LogP contribution in [0.3, 0.4) is 0 Å². The molecule has 1 N–H and O–H groups in total. The standard InChI is InChI=1S/C24H27N3O3S2/c1-4-12-27-23(29)21-16-11-10-15(3)13-19(16)32-22(21)26-24(27)31-14-20(28)25-17-8-6-7-9-18(17)30-5-2/h4,6-9,15H,1,5,10-14H2,2-3H3,(H,25,28). The number of fused-ring (bicyclic) bond motifs is 3. The van der Waals surface area contributed by atoms with Crippen molar-refractivity contribution in [1.29, 1.82) is 0 Å². The van der Waals surface area contributed by atoms with Gasteiger partial charge in [-0.15, -0.1) is 17.9 Å². The van der Waals surface area contributed by atoms with Crippen molar-refractivity contribution in [2.75, 3.05) is 17.7 Å². The Hall–Kier alpha value is -2.58.